The Kier molecular flexibility index (Phi) is 6.17. The van der Waals surface area contributed by atoms with Crippen molar-refractivity contribution in [2.24, 2.45) is 5.10 Å². The van der Waals surface area contributed by atoms with Crippen molar-refractivity contribution >= 4 is 28.7 Å². The van der Waals surface area contributed by atoms with Crippen LogP contribution in [-0.4, -0.2) is 23.8 Å². The molecule has 0 aliphatic carbocycles. The summed E-state index contributed by atoms with van der Waals surface area (Å²) in [6.45, 7) is 3.69. The zero-order valence-corrected chi connectivity index (χ0v) is 15.8. The Morgan fingerprint density at radius 2 is 2.04 bits per heavy atom. The fourth-order valence-corrected chi connectivity index (χ4v) is 3.01. The van der Waals surface area contributed by atoms with Crippen LogP contribution in [0.1, 0.15) is 19.4 Å². The van der Waals surface area contributed by atoms with Gasteiger partial charge in [0.05, 0.1) is 18.5 Å². The van der Waals surface area contributed by atoms with Crippen LogP contribution in [0.15, 0.2) is 59.0 Å². The van der Waals surface area contributed by atoms with Gasteiger partial charge in [-0.2, -0.15) is 5.10 Å². The molecule has 0 saturated carbocycles. The highest BCUT2D eigenvalue weighted by molar-refractivity contribution is 7.14. The van der Waals surface area contributed by atoms with Gasteiger partial charge in [-0.3, -0.25) is 10.2 Å². The Morgan fingerprint density at radius 1 is 1.22 bits per heavy atom. The van der Waals surface area contributed by atoms with Crippen molar-refractivity contribution in [3.8, 4) is 22.8 Å². The number of thiazole rings is 1. The Bertz CT molecular complexity index is 939. The zero-order valence-electron chi connectivity index (χ0n) is 15.0. The molecule has 0 radical (unpaired) electrons. The van der Waals surface area contributed by atoms with E-state index in [4.69, 9.17) is 9.47 Å². The molecular weight excluding hydrogens is 362 g/mol. The molecule has 7 heteroatoms. The summed E-state index contributed by atoms with van der Waals surface area (Å²) in [4.78, 5) is 15.7. The minimum atomic E-state index is -0.392. The summed E-state index contributed by atoms with van der Waals surface area (Å²) in [5.74, 6) is 0.496. The number of esters is 1. The van der Waals surface area contributed by atoms with Gasteiger partial charge in [-0.1, -0.05) is 30.3 Å². The normalized spacial score (nSPS) is 10.7. The summed E-state index contributed by atoms with van der Waals surface area (Å²) in [7, 11) is 0. The molecule has 27 heavy (non-hydrogen) atoms. The lowest BCUT2D eigenvalue weighted by atomic mass is 10.2. The average Bonchev–Trinajstić information content (AvgIpc) is 3.13. The van der Waals surface area contributed by atoms with Crippen LogP contribution in [0.3, 0.4) is 0 Å². The lowest BCUT2D eigenvalue weighted by Crippen LogP contribution is -2.04. The van der Waals surface area contributed by atoms with Crippen molar-refractivity contribution < 1.29 is 14.3 Å². The molecule has 1 N–H and O–H groups in total. The number of carbonyl (C=O) groups excluding carboxylic acids is 1. The van der Waals surface area contributed by atoms with E-state index in [2.05, 4.69) is 15.5 Å². The van der Waals surface area contributed by atoms with Gasteiger partial charge in [0.25, 0.3) is 0 Å². The summed E-state index contributed by atoms with van der Waals surface area (Å²) >= 11 is 1.48. The Hall–Kier alpha value is -3.19. The lowest BCUT2D eigenvalue weighted by Gasteiger charge is -2.10. The summed E-state index contributed by atoms with van der Waals surface area (Å²) < 4.78 is 10.7. The number of carbonyl (C=O) groups is 1. The van der Waals surface area contributed by atoms with Crippen molar-refractivity contribution in [1.82, 2.24) is 4.98 Å². The van der Waals surface area contributed by atoms with Crippen LogP contribution in [-0.2, 0) is 4.79 Å². The standard InChI is InChI=1S/C20H19N3O3S/c1-3-25-19-11-15(9-10-18(19)26-14(2)24)12-21-23-20-22-17(13-27-20)16-7-5-4-6-8-16/h4-13H,3H2,1-2H3,(H,22,23). The van der Waals surface area contributed by atoms with Crippen LogP contribution >= 0.6 is 11.3 Å². The first-order valence-electron chi connectivity index (χ1n) is 8.41. The van der Waals surface area contributed by atoms with Crippen LogP contribution in [0.4, 0.5) is 5.13 Å². The number of nitrogens with zero attached hydrogens (tertiary/aromatic N) is 2. The third-order valence-corrected chi connectivity index (χ3v) is 4.22. The summed E-state index contributed by atoms with van der Waals surface area (Å²) in [6, 6.07) is 15.2. The molecule has 0 amide bonds. The van der Waals surface area contributed by atoms with Crippen molar-refractivity contribution in [3.63, 3.8) is 0 Å². The molecule has 0 atom stereocenters. The molecule has 138 valence electrons. The molecule has 0 fully saturated rings. The van der Waals surface area contributed by atoms with E-state index < -0.39 is 5.97 Å². The maximum Gasteiger partial charge on any atom is 0.308 e. The van der Waals surface area contributed by atoms with Crippen LogP contribution in [0.5, 0.6) is 11.5 Å². The van der Waals surface area contributed by atoms with Gasteiger partial charge in [-0.05, 0) is 30.7 Å². The summed E-state index contributed by atoms with van der Waals surface area (Å²) in [5, 5.41) is 6.90. The molecule has 1 aromatic heterocycles. The second-order valence-electron chi connectivity index (χ2n) is 5.51. The van der Waals surface area contributed by atoms with Gasteiger partial charge in [0.2, 0.25) is 5.13 Å². The minimum Gasteiger partial charge on any atom is -0.490 e. The zero-order chi connectivity index (χ0) is 19.1. The first-order chi connectivity index (χ1) is 13.2. The fraction of sp³-hybridized carbons (Fsp3) is 0.150. The Labute approximate surface area is 161 Å². The highest BCUT2D eigenvalue weighted by Gasteiger charge is 2.08. The number of benzene rings is 2. The largest absolute Gasteiger partial charge is 0.490 e. The quantitative estimate of drug-likeness (QED) is 0.281. The van der Waals surface area contributed by atoms with E-state index in [1.54, 1.807) is 24.4 Å². The maximum absolute atomic E-state index is 11.2. The van der Waals surface area contributed by atoms with Crippen molar-refractivity contribution in [2.45, 2.75) is 13.8 Å². The van der Waals surface area contributed by atoms with Gasteiger partial charge < -0.3 is 9.47 Å². The first-order valence-corrected chi connectivity index (χ1v) is 9.29. The van der Waals surface area contributed by atoms with Crippen LogP contribution < -0.4 is 14.9 Å². The van der Waals surface area contributed by atoms with E-state index in [9.17, 15) is 4.79 Å². The first kappa shape index (κ1) is 18.6. The highest BCUT2D eigenvalue weighted by Crippen LogP contribution is 2.28. The van der Waals surface area contributed by atoms with E-state index in [0.717, 1.165) is 16.8 Å². The van der Waals surface area contributed by atoms with Crippen molar-refractivity contribution in [3.05, 3.63) is 59.5 Å². The maximum atomic E-state index is 11.2. The molecule has 0 saturated heterocycles. The lowest BCUT2D eigenvalue weighted by molar-refractivity contribution is -0.132. The number of aromatic nitrogens is 1. The number of hydrogen-bond acceptors (Lipinski definition) is 7. The molecule has 0 aliphatic rings. The van der Waals surface area contributed by atoms with E-state index in [1.165, 1.54) is 18.3 Å². The Balaban J connectivity index is 1.68. The van der Waals surface area contributed by atoms with Crippen molar-refractivity contribution in [2.75, 3.05) is 12.0 Å². The molecule has 0 bridgehead atoms. The smallest absolute Gasteiger partial charge is 0.308 e. The second kappa shape index (κ2) is 8.95. The number of rotatable bonds is 7. The summed E-state index contributed by atoms with van der Waals surface area (Å²) in [6.07, 6.45) is 1.66. The molecule has 1 heterocycles. The van der Waals surface area contributed by atoms with Crippen LogP contribution in [0, 0.1) is 0 Å². The third-order valence-electron chi connectivity index (χ3n) is 3.47. The molecule has 3 aromatic rings. The van der Waals surface area contributed by atoms with E-state index in [0.29, 0.717) is 23.2 Å². The third kappa shape index (κ3) is 5.15. The number of hydrazone groups is 1. The van der Waals surface area contributed by atoms with Gasteiger partial charge >= 0.3 is 5.97 Å². The SMILES string of the molecule is CCOc1cc(C=NNc2nc(-c3ccccc3)cs2)ccc1OC(C)=O. The highest BCUT2D eigenvalue weighted by atomic mass is 32.1. The van der Waals surface area contributed by atoms with E-state index >= 15 is 0 Å². The molecule has 0 aliphatic heterocycles. The van der Waals surface area contributed by atoms with Crippen LogP contribution in [0.25, 0.3) is 11.3 Å². The van der Waals surface area contributed by atoms with E-state index in [1.807, 2.05) is 42.6 Å². The predicted octanol–water partition coefficient (Wildman–Crippen LogP) is 4.58. The number of hydrogen-bond donors (Lipinski definition) is 1. The van der Waals surface area contributed by atoms with E-state index in [-0.39, 0.29) is 0 Å². The topological polar surface area (TPSA) is 72.8 Å². The minimum absolute atomic E-state index is 0.391. The monoisotopic (exact) mass is 381 g/mol. The molecular formula is C20H19N3O3S. The van der Waals surface area contributed by atoms with Gasteiger partial charge in [0.15, 0.2) is 11.5 Å². The van der Waals surface area contributed by atoms with Gasteiger partial charge in [0.1, 0.15) is 0 Å². The number of ether oxygens (including phenoxy) is 2. The molecule has 0 unspecified atom stereocenters. The fourth-order valence-electron chi connectivity index (χ4n) is 2.34. The van der Waals surface area contributed by atoms with Gasteiger partial charge in [0, 0.05) is 17.9 Å². The van der Waals surface area contributed by atoms with Gasteiger partial charge in [-0.15, -0.1) is 11.3 Å². The summed E-state index contributed by atoms with van der Waals surface area (Å²) in [5.41, 5.74) is 5.71. The van der Waals surface area contributed by atoms with Crippen molar-refractivity contribution in [1.29, 1.82) is 0 Å². The number of nitrogens with one attached hydrogen (secondary N) is 1. The molecule has 3 rings (SSSR count). The molecule has 6 nitrogen and oxygen atoms in total. The van der Waals surface area contributed by atoms with Gasteiger partial charge in [-0.25, -0.2) is 4.98 Å². The van der Waals surface area contributed by atoms with Crippen LogP contribution in [0.2, 0.25) is 0 Å². The predicted molar refractivity (Wildman–Crippen MR) is 108 cm³/mol. The Morgan fingerprint density at radius 3 is 2.78 bits per heavy atom. The second-order valence-corrected chi connectivity index (χ2v) is 6.36. The molecule has 0 spiro atoms. The number of anilines is 1. The average molecular weight is 381 g/mol. The molecule has 2 aromatic carbocycles.